The largest absolute Gasteiger partial charge is 0.394 e. The molecule has 0 aliphatic carbocycles. The van der Waals surface area contributed by atoms with Gasteiger partial charge in [-0.05, 0) is 0 Å². The van der Waals surface area contributed by atoms with E-state index in [1.54, 1.807) is 6.08 Å². The van der Waals surface area contributed by atoms with Gasteiger partial charge in [-0.1, -0.05) is 12.2 Å². The molecule has 8 nitrogen and oxygen atoms in total. The third kappa shape index (κ3) is 2.88. The summed E-state index contributed by atoms with van der Waals surface area (Å²) in [5, 5.41) is 18.7. The number of aliphatic hydroxyl groups excluding tert-OH is 2. The Labute approximate surface area is 114 Å². The molecule has 20 heavy (non-hydrogen) atoms. The highest BCUT2D eigenvalue weighted by molar-refractivity contribution is 5.46. The van der Waals surface area contributed by atoms with E-state index in [1.807, 2.05) is 0 Å². The zero-order valence-corrected chi connectivity index (χ0v) is 10.7. The molecule has 5 N–H and O–H groups in total. The lowest BCUT2D eigenvalue weighted by atomic mass is 10.2. The molecule has 2 heterocycles. The van der Waals surface area contributed by atoms with Crippen molar-refractivity contribution in [1.82, 2.24) is 9.55 Å². The summed E-state index contributed by atoms with van der Waals surface area (Å²) in [6.07, 6.45) is 2.29. The first-order chi connectivity index (χ1) is 9.56. The standard InChI is InChI=1S/C12H17N3O5/c13-3-1-2-7-5-15(12(19)14-11(7)18)10-4-8(17)9(6-16)20-10/h1-2,5,8-10,16-17H,3-4,6,13H2,(H,14,18,19)/t8?,9-,10-/m1/s1. The van der Waals surface area contributed by atoms with Gasteiger partial charge in [-0.2, -0.15) is 0 Å². The fraction of sp³-hybridized carbons (Fsp3) is 0.500. The van der Waals surface area contributed by atoms with Crippen LogP contribution in [0.1, 0.15) is 18.2 Å². The molecule has 1 aromatic heterocycles. The van der Waals surface area contributed by atoms with Gasteiger partial charge in [0.2, 0.25) is 0 Å². The maximum atomic E-state index is 11.8. The van der Waals surface area contributed by atoms with Crippen LogP contribution in [0.25, 0.3) is 6.08 Å². The van der Waals surface area contributed by atoms with Gasteiger partial charge in [-0.25, -0.2) is 4.79 Å². The van der Waals surface area contributed by atoms with Gasteiger partial charge < -0.3 is 20.7 Å². The van der Waals surface area contributed by atoms with E-state index in [4.69, 9.17) is 15.6 Å². The van der Waals surface area contributed by atoms with Crippen LogP contribution in [0.5, 0.6) is 0 Å². The zero-order valence-electron chi connectivity index (χ0n) is 10.7. The highest BCUT2D eigenvalue weighted by Gasteiger charge is 2.35. The fourth-order valence-electron chi connectivity index (χ4n) is 2.08. The third-order valence-corrected chi connectivity index (χ3v) is 3.12. The Morgan fingerprint density at radius 2 is 2.30 bits per heavy atom. The normalized spacial score (nSPS) is 26.4. The van der Waals surface area contributed by atoms with E-state index in [0.29, 0.717) is 0 Å². The Balaban J connectivity index is 2.35. The topological polar surface area (TPSA) is 131 Å². The molecule has 0 bridgehead atoms. The van der Waals surface area contributed by atoms with Gasteiger partial charge in [0.25, 0.3) is 5.56 Å². The predicted molar refractivity (Wildman–Crippen MR) is 71.0 cm³/mol. The van der Waals surface area contributed by atoms with Crippen molar-refractivity contribution >= 4 is 6.08 Å². The van der Waals surface area contributed by atoms with Gasteiger partial charge in [0.15, 0.2) is 0 Å². The minimum atomic E-state index is -0.855. The number of hydrogen-bond donors (Lipinski definition) is 4. The average molecular weight is 283 g/mol. The minimum absolute atomic E-state index is 0.164. The van der Waals surface area contributed by atoms with E-state index in [9.17, 15) is 14.7 Å². The van der Waals surface area contributed by atoms with E-state index >= 15 is 0 Å². The van der Waals surface area contributed by atoms with Crippen LogP contribution < -0.4 is 17.0 Å². The molecule has 1 fully saturated rings. The van der Waals surface area contributed by atoms with E-state index in [-0.39, 0.29) is 25.1 Å². The van der Waals surface area contributed by atoms with Crippen molar-refractivity contribution in [2.45, 2.75) is 24.9 Å². The van der Waals surface area contributed by atoms with E-state index in [1.165, 1.54) is 16.8 Å². The molecule has 0 saturated carbocycles. The molecule has 0 amide bonds. The lowest BCUT2D eigenvalue weighted by Gasteiger charge is -2.14. The number of aromatic amines is 1. The van der Waals surface area contributed by atoms with Gasteiger partial charge in [-0.3, -0.25) is 14.3 Å². The molecule has 1 saturated heterocycles. The number of hydrogen-bond acceptors (Lipinski definition) is 6. The van der Waals surface area contributed by atoms with Crippen molar-refractivity contribution in [2.24, 2.45) is 5.73 Å². The molecule has 1 aliphatic rings. The molecule has 8 heteroatoms. The third-order valence-electron chi connectivity index (χ3n) is 3.12. The first-order valence-electron chi connectivity index (χ1n) is 6.23. The SMILES string of the molecule is NCC=Cc1cn([C@H]2CC(O)[C@@H](CO)O2)c(=O)[nH]c1=O. The summed E-state index contributed by atoms with van der Waals surface area (Å²) in [5.74, 6) is 0. The Morgan fingerprint density at radius 3 is 2.90 bits per heavy atom. The van der Waals surface area contributed by atoms with Crippen molar-refractivity contribution in [3.8, 4) is 0 Å². The molecule has 3 atom stereocenters. The average Bonchev–Trinajstić information content (AvgIpc) is 2.79. The summed E-state index contributed by atoms with van der Waals surface area (Å²) >= 11 is 0. The number of rotatable bonds is 4. The molecule has 0 radical (unpaired) electrons. The Hall–Kier alpha value is -1.74. The molecule has 0 aromatic carbocycles. The number of nitrogens with zero attached hydrogens (tertiary/aromatic N) is 1. The second kappa shape index (κ2) is 6.14. The van der Waals surface area contributed by atoms with Crippen LogP contribution in [0, 0.1) is 0 Å². The Kier molecular flexibility index (Phi) is 4.50. The second-order valence-corrected chi connectivity index (χ2v) is 4.50. The smallest absolute Gasteiger partial charge is 0.330 e. The van der Waals surface area contributed by atoms with Crippen LogP contribution in [0.3, 0.4) is 0 Å². The van der Waals surface area contributed by atoms with Crippen LogP contribution >= 0.6 is 0 Å². The lowest BCUT2D eigenvalue weighted by molar-refractivity contribution is -0.0459. The maximum absolute atomic E-state index is 11.8. The van der Waals surface area contributed by atoms with Crippen LogP contribution in [-0.2, 0) is 4.74 Å². The predicted octanol–water partition coefficient (Wildman–Crippen LogP) is -1.85. The van der Waals surface area contributed by atoms with Gasteiger partial charge in [0, 0.05) is 19.2 Å². The van der Waals surface area contributed by atoms with E-state index in [0.717, 1.165) is 0 Å². The molecule has 1 aromatic rings. The summed E-state index contributed by atoms with van der Waals surface area (Å²) in [6.45, 7) is -0.0699. The number of nitrogens with one attached hydrogen (secondary N) is 1. The summed E-state index contributed by atoms with van der Waals surface area (Å²) in [4.78, 5) is 25.6. The molecule has 1 unspecified atom stereocenters. The van der Waals surface area contributed by atoms with Gasteiger partial charge in [0.05, 0.1) is 18.3 Å². The summed E-state index contributed by atoms with van der Waals surface area (Å²) in [6, 6.07) is 0. The van der Waals surface area contributed by atoms with E-state index < -0.39 is 29.7 Å². The second-order valence-electron chi connectivity index (χ2n) is 4.50. The fourth-order valence-corrected chi connectivity index (χ4v) is 2.08. The van der Waals surface area contributed by atoms with E-state index in [2.05, 4.69) is 4.98 Å². The Morgan fingerprint density at radius 1 is 1.55 bits per heavy atom. The molecule has 0 spiro atoms. The highest BCUT2D eigenvalue weighted by atomic mass is 16.5. The Bertz CT molecular complexity index is 606. The number of ether oxygens (including phenoxy) is 1. The monoisotopic (exact) mass is 283 g/mol. The number of aliphatic hydroxyl groups is 2. The number of nitrogens with two attached hydrogens (primary N) is 1. The summed E-state index contributed by atoms with van der Waals surface area (Å²) < 4.78 is 6.57. The van der Waals surface area contributed by atoms with Crippen LogP contribution in [0.4, 0.5) is 0 Å². The number of H-pyrrole nitrogens is 1. The van der Waals surface area contributed by atoms with Gasteiger partial charge in [0.1, 0.15) is 12.3 Å². The van der Waals surface area contributed by atoms with Crippen LogP contribution in [0.2, 0.25) is 0 Å². The molecule has 110 valence electrons. The minimum Gasteiger partial charge on any atom is -0.394 e. The summed E-state index contributed by atoms with van der Waals surface area (Å²) in [5.41, 5.74) is 4.43. The van der Waals surface area contributed by atoms with Crippen LogP contribution in [-0.4, -0.2) is 45.1 Å². The highest BCUT2D eigenvalue weighted by Crippen LogP contribution is 2.27. The van der Waals surface area contributed by atoms with Crippen molar-refractivity contribution < 1.29 is 14.9 Å². The van der Waals surface area contributed by atoms with Gasteiger partial charge in [-0.15, -0.1) is 0 Å². The first kappa shape index (κ1) is 14.7. The summed E-state index contributed by atoms with van der Waals surface area (Å²) in [7, 11) is 0. The number of aromatic nitrogens is 2. The van der Waals surface area contributed by atoms with Crippen molar-refractivity contribution in [2.75, 3.05) is 13.2 Å². The maximum Gasteiger partial charge on any atom is 0.330 e. The van der Waals surface area contributed by atoms with Crippen molar-refractivity contribution in [3.63, 3.8) is 0 Å². The van der Waals surface area contributed by atoms with Crippen LogP contribution in [0.15, 0.2) is 21.9 Å². The molecular weight excluding hydrogens is 266 g/mol. The molecular formula is C12H17N3O5. The quantitative estimate of drug-likeness (QED) is 0.513. The van der Waals surface area contributed by atoms with Crippen molar-refractivity contribution in [3.05, 3.63) is 38.7 Å². The molecule has 1 aliphatic heterocycles. The zero-order chi connectivity index (χ0) is 14.7. The lowest BCUT2D eigenvalue weighted by Crippen LogP contribution is -2.33. The first-order valence-corrected chi connectivity index (χ1v) is 6.23. The van der Waals surface area contributed by atoms with Crippen molar-refractivity contribution in [1.29, 1.82) is 0 Å². The molecule has 2 rings (SSSR count). The van der Waals surface area contributed by atoms with Gasteiger partial charge >= 0.3 is 5.69 Å².